The maximum Gasteiger partial charge on any atom is 0.338 e. The van der Waals surface area contributed by atoms with Gasteiger partial charge in [-0.1, -0.05) is 124 Å². The molecule has 0 saturated carbocycles. The number of aliphatic hydroxyl groups is 2. The molecule has 0 amide bonds. The summed E-state index contributed by atoms with van der Waals surface area (Å²) in [5.74, 6) is -1.77. The summed E-state index contributed by atoms with van der Waals surface area (Å²) in [5.41, 5.74) is 5.94. The first-order valence-electron chi connectivity index (χ1n) is 34.7. The summed E-state index contributed by atoms with van der Waals surface area (Å²) in [6, 6.07) is 20.4. The molecule has 2 aromatic rings. The van der Waals surface area contributed by atoms with Gasteiger partial charge in [0.2, 0.25) is 0 Å². The quantitative estimate of drug-likeness (QED) is 0.0214. The highest BCUT2D eigenvalue weighted by molar-refractivity contribution is 6.74. The first-order chi connectivity index (χ1) is 44.3. The Morgan fingerprint density at radius 3 is 1.91 bits per heavy atom. The Morgan fingerprint density at radius 2 is 1.34 bits per heavy atom. The van der Waals surface area contributed by atoms with Crippen LogP contribution in [0.1, 0.15) is 167 Å². The number of methoxy groups -OCH3 is 3. The number of fused-ring (bicyclic) bond motifs is 1. The van der Waals surface area contributed by atoms with E-state index in [-0.39, 0.29) is 66.5 Å². The van der Waals surface area contributed by atoms with Crippen LogP contribution in [0.15, 0.2) is 103 Å². The number of hydrogen-bond donors (Lipinski definition) is 2. The number of hydrogen-bond acceptors (Lipinski definition) is 17. The number of aliphatic hydroxyl groups excluding tert-OH is 2. The Morgan fingerprint density at radius 1 is 0.723 bits per heavy atom. The van der Waals surface area contributed by atoms with E-state index >= 15 is 0 Å². The molecule has 4 heterocycles. The molecule has 4 fully saturated rings. The van der Waals surface area contributed by atoms with Crippen molar-refractivity contribution >= 4 is 42.7 Å². The van der Waals surface area contributed by atoms with Crippen LogP contribution in [0.2, 0.25) is 54.4 Å². The zero-order valence-corrected chi connectivity index (χ0v) is 63.0. The number of benzene rings is 2. The van der Waals surface area contributed by atoms with Gasteiger partial charge in [-0.15, -0.1) is 5.73 Å². The average molecular weight is 1360 g/mol. The van der Waals surface area contributed by atoms with Gasteiger partial charge in [0.05, 0.1) is 66.1 Å². The van der Waals surface area contributed by atoms with Crippen molar-refractivity contribution in [3.05, 3.63) is 114 Å². The molecule has 528 valence electrons. The van der Waals surface area contributed by atoms with Crippen molar-refractivity contribution < 1.29 is 80.5 Å². The number of Topliss-reactive ketones (excluding diaryl/α,β-unsaturated/α-hetero) is 1. The lowest BCUT2D eigenvalue weighted by atomic mass is 9.84. The maximum absolute atomic E-state index is 14.7. The summed E-state index contributed by atoms with van der Waals surface area (Å²) < 4.78 is 78.4. The van der Waals surface area contributed by atoms with E-state index in [4.69, 9.17) is 55.9 Å². The van der Waals surface area contributed by atoms with Crippen molar-refractivity contribution in [2.45, 2.75) is 299 Å². The number of rotatable bonds is 36. The third-order valence-electron chi connectivity index (χ3n) is 21.1. The lowest BCUT2D eigenvalue weighted by Gasteiger charge is -2.53. The Hall–Kier alpha value is -3.78. The summed E-state index contributed by atoms with van der Waals surface area (Å²) in [5, 5.41) is 24.3. The molecular weight excluding hydrogens is 1250 g/mol. The second-order valence-corrected chi connectivity index (χ2v) is 44.0. The van der Waals surface area contributed by atoms with E-state index in [1.54, 1.807) is 67.8 Å². The first-order valence-corrected chi connectivity index (χ1v) is 43.0. The summed E-state index contributed by atoms with van der Waals surface area (Å²) in [7, 11) is -2.43. The number of esters is 2. The Kier molecular flexibility index (Phi) is 30.2. The SMILES string of the molecule is C=C=C(C)C[C@H](CCC1OC(CCC(O)/C=C/C(O[Si](C)(C)C(C)(C)C)[C@@H]2O[C@H]3CC[C@H](CC(=O)C[C@H]4[C@H](CC(OC)OC)OC(C[C@H](COC(=O)c5ccccc5)OC(=O)c5ccccc5)[C@@H]4OC)O[C@@H]3[C@H](O)C2O[Si](C)(C)C(C)(C)C)CC1=C)O[Si](CC)(CC)CC. The molecule has 2 aromatic carbocycles. The normalized spacial score (nSPS) is 26.8. The lowest BCUT2D eigenvalue weighted by molar-refractivity contribution is -0.269. The average Bonchev–Trinajstić information content (AvgIpc) is 0.945. The zero-order valence-electron chi connectivity index (χ0n) is 60.0. The van der Waals surface area contributed by atoms with Crippen molar-refractivity contribution in [2.24, 2.45) is 5.92 Å². The highest BCUT2D eigenvalue weighted by Gasteiger charge is 2.56. The molecule has 0 aromatic heterocycles. The van der Waals surface area contributed by atoms with Crippen LogP contribution in [0.3, 0.4) is 0 Å². The molecule has 94 heavy (non-hydrogen) atoms. The van der Waals surface area contributed by atoms with Gasteiger partial charge in [0.25, 0.3) is 0 Å². The van der Waals surface area contributed by atoms with Gasteiger partial charge in [-0.2, -0.15) is 0 Å². The molecule has 2 N–H and O–H groups in total. The highest BCUT2D eigenvalue weighted by Crippen LogP contribution is 2.46. The summed E-state index contributed by atoms with van der Waals surface area (Å²) in [6.45, 7) is 38.7. The van der Waals surface area contributed by atoms with E-state index in [2.05, 4.69) is 114 Å². The van der Waals surface area contributed by atoms with E-state index in [1.807, 2.05) is 12.2 Å². The first kappa shape index (κ1) is 79.2. The fourth-order valence-corrected chi connectivity index (χ4v) is 18.5. The van der Waals surface area contributed by atoms with E-state index in [0.717, 1.165) is 55.0 Å². The highest BCUT2D eigenvalue weighted by atomic mass is 28.4. The van der Waals surface area contributed by atoms with Crippen LogP contribution in [0.5, 0.6) is 0 Å². The van der Waals surface area contributed by atoms with Gasteiger partial charge in [-0.25, -0.2) is 9.59 Å². The van der Waals surface area contributed by atoms with Crippen molar-refractivity contribution in [1.29, 1.82) is 0 Å². The topological polar surface area (TPSA) is 202 Å². The molecular formula is C74H118O17Si3. The smallest absolute Gasteiger partial charge is 0.338 e. The monoisotopic (exact) mass is 1360 g/mol. The standard InChI is InChI=1S/C74H118O17Si3/c1-20-49(5)42-57(89-94(21-2,22-3)23-4)38-40-60-50(6)43-55(84-60)36-34-53(75)35-39-62(90-92(16,17)73(7,8)9)69-70(91-93(18,19)74(10,11)12)66(77)68-61(88-69)41-37-56(85-68)44-54(76)45-59-63(47-65(80-13)81-14)87-64(67(59)82-15)46-58(86-72(79)52-32-28-25-29-33-52)48-83-71(78)51-30-26-24-27-31-51/h24-33,35,39,53,55-70,75,77H,1,6,21-23,34,36-38,40-48H2,2-5,7-19H3/b39-35+/t53?,55?,56-,57+,58-,59+,60?,61+,62?,63+,64?,66+,67-,68+,69+,70?/m1/s1. The molecule has 0 bridgehead atoms. The molecule has 4 aliphatic heterocycles. The van der Waals surface area contributed by atoms with E-state index in [9.17, 15) is 24.6 Å². The van der Waals surface area contributed by atoms with Gasteiger partial charge in [-0.3, -0.25) is 4.79 Å². The molecule has 6 unspecified atom stereocenters. The van der Waals surface area contributed by atoms with Crippen LogP contribution in [-0.2, 0) is 60.7 Å². The van der Waals surface area contributed by atoms with E-state index in [1.165, 1.54) is 14.2 Å². The summed E-state index contributed by atoms with van der Waals surface area (Å²) >= 11 is 0. The van der Waals surface area contributed by atoms with E-state index in [0.29, 0.717) is 36.8 Å². The van der Waals surface area contributed by atoms with Crippen LogP contribution in [-0.4, -0.2) is 179 Å². The minimum Gasteiger partial charge on any atom is -0.458 e. The summed E-state index contributed by atoms with van der Waals surface area (Å²) in [6.07, 6.45) is -0.526. The minimum absolute atomic E-state index is 0.0432. The molecule has 0 aliphatic carbocycles. The lowest BCUT2D eigenvalue weighted by Crippen LogP contribution is -2.67. The third kappa shape index (κ3) is 21.9. The number of ketones is 1. The van der Waals surface area contributed by atoms with Gasteiger partial charge < -0.3 is 66.1 Å². The largest absolute Gasteiger partial charge is 0.458 e. The zero-order chi connectivity index (χ0) is 69.3. The van der Waals surface area contributed by atoms with Crippen LogP contribution in [0.25, 0.3) is 0 Å². The van der Waals surface area contributed by atoms with Gasteiger partial charge in [-0.05, 0) is 142 Å². The Bertz CT molecular complexity index is 2760. The third-order valence-corrected chi connectivity index (χ3v) is 34.8. The second kappa shape index (κ2) is 35.8. The van der Waals surface area contributed by atoms with Gasteiger partial charge in [0.1, 0.15) is 42.9 Å². The van der Waals surface area contributed by atoms with Gasteiger partial charge in [0.15, 0.2) is 31.2 Å². The van der Waals surface area contributed by atoms with Gasteiger partial charge >= 0.3 is 11.9 Å². The fourth-order valence-electron chi connectivity index (χ4n) is 13.0. The molecule has 6 rings (SSSR count). The van der Waals surface area contributed by atoms with Crippen molar-refractivity contribution in [3.8, 4) is 0 Å². The fraction of sp³-hybridized carbons (Fsp3) is 0.703. The summed E-state index contributed by atoms with van der Waals surface area (Å²) in [4.78, 5) is 41.4. The molecule has 0 radical (unpaired) electrons. The van der Waals surface area contributed by atoms with Gasteiger partial charge in [0, 0.05) is 65.5 Å². The van der Waals surface area contributed by atoms with Crippen molar-refractivity contribution in [1.82, 2.24) is 0 Å². The van der Waals surface area contributed by atoms with Crippen LogP contribution < -0.4 is 0 Å². The van der Waals surface area contributed by atoms with Crippen molar-refractivity contribution in [2.75, 3.05) is 27.9 Å². The molecule has 20 heteroatoms. The van der Waals surface area contributed by atoms with Crippen molar-refractivity contribution in [3.63, 3.8) is 0 Å². The number of ether oxygens (including phenoxy) is 9. The maximum atomic E-state index is 14.7. The molecule has 17 nitrogen and oxygen atoms in total. The number of carbonyl (C=O) groups is 3. The number of carbonyl (C=O) groups excluding carboxylic acids is 3. The van der Waals surface area contributed by atoms with Crippen LogP contribution in [0.4, 0.5) is 0 Å². The minimum atomic E-state index is -2.65. The Balaban J connectivity index is 1.17. The molecule has 16 atom stereocenters. The molecule has 4 aliphatic rings. The Labute approximate surface area is 566 Å². The molecule has 4 saturated heterocycles. The second-order valence-electron chi connectivity index (χ2n) is 29.7. The van der Waals surface area contributed by atoms with E-state index < -0.39 is 122 Å². The van der Waals surface area contributed by atoms with Crippen LogP contribution >= 0.6 is 0 Å². The molecule has 0 spiro atoms. The predicted octanol–water partition coefficient (Wildman–Crippen LogP) is 14.4. The van der Waals surface area contributed by atoms with Crippen LogP contribution in [0, 0.1) is 5.92 Å². The predicted molar refractivity (Wildman–Crippen MR) is 374 cm³/mol.